The number of rotatable bonds is 4. The van der Waals surface area contributed by atoms with Crippen molar-refractivity contribution in [1.29, 1.82) is 0 Å². The van der Waals surface area contributed by atoms with Crippen LogP contribution in [0.3, 0.4) is 0 Å². The molecule has 3 aromatic rings. The molecule has 0 spiro atoms. The van der Waals surface area contributed by atoms with E-state index in [9.17, 15) is 4.79 Å². The van der Waals surface area contributed by atoms with E-state index < -0.39 is 0 Å². The number of carbonyl (C=O) groups is 1. The van der Waals surface area contributed by atoms with Gasteiger partial charge in [0.15, 0.2) is 6.61 Å². The van der Waals surface area contributed by atoms with Gasteiger partial charge in [0.2, 0.25) is 11.7 Å². The number of nitrogens with zero attached hydrogens (tertiary/aromatic N) is 2. The van der Waals surface area contributed by atoms with Crippen molar-refractivity contribution < 1.29 is 9.53 Å². The van der Waals surface area contributed by atoms with Crippen LogP contribution in [0, 0.1) is 13.8 Å². The molecule has 0 aliphatic carbocycles. The maximum atomic E-state index is 11.9. The molecule has 5 nitrogen and oxygen atoms in total. The molecule has 0 saturated carbocycles. The molecule has 3 rings (SSSR count). The number of thiophene rings is 1. The maximum Gasteiger partial charge on any atom is 0.226 e. The molecule has 0 saturated heterocycles. The summed E-state index contributed by atoms with van der Waals surface area (Å²) >= 11 is 1.60. The third-order valence-corrected chi connectivity index (χ3v) is 4.28. The fourth-order valence-corrected chi connectivity index (χ4v) is 2.96. The van der Waals surface area contributed by atoms with Crippen molar-refractivity contribution in [3.8, 4) is 5.88 Å². The number of aromatic amines is 1. The predicted octanol–water partition coefficient (Wildman–Crippen LogP) is 2.90. The molecular weight excluding hydrogens is 274 g/mol. The molecule has 0 aromatic carbocycles. The average Bonchev–Trinajstić information content (AvgIpc) is 3.06. The van der Waals surface area contributed by atoms with Gasteiger partial charge in [-0.05, 0) is 31.5 Å². The monoisotopic (exact) mass is 287 g/mol. The fraction of sp³-hybridized carbons (Fsp3) is 0.214. The highest BCUT2D eigenvalue weighted by Gasteiger charge is 2.14. The van der Waals surface area contributed by atoms with E-state index in [-0.39, 0.29) is 12.4 Å². The highest BCUT2D eigenvalue weighted by molar-refractivity contribution is 7.18. The number of fused-ring (bicyclic) bond motifs is 1. The Labute approximate surface area is 119 Å². The molecule has 0 radical (unpaired) electrons. The third-order valence-electron chi connectivity index (χ3n) is 3.17. The van der Waals surface area contributed by atoms with E-state index in [0.717, 1.165) is 15.8 Å². The Morgan fingerprint density at radius 1 is 1.40 bits per heavy atom. The summed E-state index contributed by atoms with van der Waals surface area (Å²) < 4.78 is 5.59. The number of nitrogens with one attached hydrogen (secondary N) is 1. The van der Waals surface area contributed by atoms with E-state index in [1.165, 1.54) is 11.2 Å². The molecule has 3 heterocycles. The molecule has 0 unspecified atom stereocenters. The highest BCUT2D eigenvalue weighted by atomic mass is 32.1. The van der Waals surface area contributed by atoms with Crippen molar-refractivity contribution in [2.45, 2.75) is 13.8 Å². The maximum absolute atomic E-state index is 11.9. The first-order valence-corrected chi connectivity index (χ1v) is 6.98. The van der Waals surface area contributed by atoms with Gasteiger partial charge in [0.25, 0.3) is 0 Å². The SMILES string of the molecule is Cc1sc2ncnc(OCC(=O)c3ccc[nH]3)c2c1C. The van der Waals surface area contributed by atoms with Gasteiger partial charge >= 0.3 is 0 Å². The number of Topliss-reactive ketones (excluding diaryl/α,β-unsaturated/α-hetero) is 1. The van der Waals surface area contributed by atoms with Gasteiger partial charge in [-0.3, -0.25) is 4.79 Å². The third kappa shape index (κ3) is 2.18. The van der Waals surface area contributed by atoms with Crippen LogP contribution in [0.25, 0.3) is 10.2 Å². The van der Waals surface area contributed by atoms with E-state index in [1.807, 2.05) is 13.8 Å². The van der Waals surface area contributed by atoms with Crippen molar-refractivity contribution in [2.75, 3.05) is 6.61 Å². The van der Waals surface area contributed by atoms with Crippen LogP contribution in [-0.2, 0) is 0 Å². The summed E-state index contributed by atoms with van der Waals surface area (Å²) in [6.07, 6.45) is 3.18. The Kier molecular flexibility index (Phi) is 3.23. The lowest BCUT2D eigenvalue weighted by atomic mass is 10.2. The quantitative estimate of drug-likeness (QED) is 0.749. The minimum absolute atomic E-state index is 0.0407. The Morgan fingerprint density at radius 3 is 3.00 bits per heavy atom. The van der Waals surface area contributed by atoms with E-state index in [4.69, 9.17) is 4.74 Å². The average molecular weight is 287 g/mol. The van der Waals surface area contributed by atoms with Crippen LogP contribution in [0.15, 0.2) is 24.7 Å². The lowest BCUT2D eigenvalue weighted by Crippen LogP contribution is -2.12. The summed E-state index contributed by atoms with van der Waals surface area (Å²) in [5, 5.41) is 0.897. The van der Waals surface area contributed by atoms with Crippen LogP contribution in [0.5, 0.6) is 5.88 Å². The standard InChI is InChI=1S/C14H13N3O2S/c1-8-9(2)20-14-12(8)13(16-7-17-14)19-6-11(18)10-4-3-5-15-10/h3-5,7,15H,6H2,1-2H3. The molecule has 0 fully saturated rings. The zero-order valence-electron chi connectivity index (χ0n) is 11.1. The number of aromatic nitrogens is 3. The number of aryl methyl sites for hydroxylation is 2. The van der Waals surface area contributed by atoms with Crippen molar-refractivity contribution >= 4 is 27.3 Å². The van der Waals surface area contributed by atoms with Crippen molar-refractivity contribution in [3.63, 3.8) is 0 Å². The van der Waals surface area contributed by atoms with Crippen LogP contribution >= 0.6 is 11.3 Å². The van der Waals surface area contributed by atoms with E-state index in [1.54, 1.807) is 29.7 Å². The number of H-pyrrole nitrogens is 1. The van der Waals surface area contributed by atoms with Gasteiger partial charge in [-0.15, -0.1) is 11.3 Å². The fourth-order valence-electron chi connectivity index (χ4n) is 1.97. The van der Waals surface area contributed by atoms with Gasteiger partial charge in [0, 0.05) is 11.1 Å². The Hall–Kier alpha value is -2.21. The lowest BCUT2D eigenvalue weighted by Gasteiger charge is -2.05. The zero-order chi connectivity index (χ0) is 14.1. The second kappa shape index (κ2) is 5.05. The topological polar surface area (TPSA) is 67.9 Å². The van der Waals surface area contributed by atoms with Gasteiger partial charge in [0.1, 0.15) is 11.2 Å². The van der Waals surface area contributed by atoms with E-state index >= 15 is 0 Å². The van der Waals surface area contributed by atoms with Crippen LogP contribution < -0.4 is 4.74 Å². The largest absolute Gasteiger partial charge is 0.469 e. The Bertz CT molecular complexity index is 762. The number of hydrogen-bond donors (Lipinski definition) is 1. The van der Waals surface area contributed by atoms with Gasteiger partial charge in [-0.1, -0.05) is 0 Å². The summed E-state index contributed by atoms with van der Waals surface area (Å²) in [6.45, 7) is 4.01. The summed E-state index contributed by atoms with van der Waals surface area (Å²) in [5.74, 6) is 0.364. The number of hydrogen-bond acceptors (Lipinski definition) is 5. The predicted molar refractivity (Wildman–Crippen MR) is 77.5 cm³/mol. The van der Waals surface area contributed by atoms with Crippen LogP contribution in [0.1, 0.15) is 20.9 Å². The van der Waals surface area contributed by atoms with Gasteiger partial charge in [0.05, 0.1) is 11.1 Å². The molecular formula is C14H13N3O2S. The van der Waals surface area contributed by atoms with Crippen LogP contribution in [0.4, 0.5) is 0 Å². The van der Waals surface area contributed by atoms with Crippen molar-refractivity contribution in [3.05, 3.63) is 40.8 Å². The minimum atomic E-state index is -0.105. The number of carbonyl (C=O) groups excluding carboxylic acids is 1. The summed E-state index contributed by atoms with van der Waals surface area (Å²) in [6, 6.07) is 3.50. The van der Waals surface area contributed by atoms with E-state index in [0.29, 0.717) is 11.6 Å². The van der Waals surface area contributed by atoms with Gasteiger partial charge in [-0.25, -0.2) is 9.97 Å². The first-order valence-electron chi connectivity index (χ1n) is 6.17. The van der Waals surface area contributed by atoms with Crippen LogP contribution in [0.2, 0.25) is 0 Å². The molecule has 20 heavy (non-hydrogen) atoms. The highest BCUT2D eigenvalue weighted by Crippen LogP contribution is 2.33. The molecule has 0 amide bonds. The molecule has 102 valence electrons. The Balaban J connectivity index is 1.86. The summed E-state index contributed by atoms with van der Waals surface area (Å²) in [4.78, 5) is 25.2. The van der Waals surface area contributed by atoms with Gasteiger partial charge < -0.3 is 9.72 Å². The zero-order valence-corrected chi connectivity index (χ0v) is 12.0. The summed E-state index contributed by atoms with van der Waals surface area (Å²) in [7, 11) is 0. The second-order valence-corrected chi connectivity index (χ2v) is 5.64. The van der Waals surface area contributed by atoms with E-state index in [2.05, 4.69) is 15.0 Å². The molecule has 1 N–H and O–H groups in total. The molecule has 0 bridgehead atoms. The smallest absolute Gasteiger partial charge is 0.226 e. The Morgan fingerprint density at radius 2 is 2.25 bits per heavy atom. The van der Waals surface area contributed by atoms with Crippen LogP contribution in [-0.4, -0.2) is 27.3 Å². The number of ether oxygens (including phenoxy) is 1. The van der Waals surface area contributed by atoms with Gasteiger partial charge in [-0.2, -0.15) is 0 Å². The minimum Gasteiger partial charge on any atom is -0.469 e. The van der Waals surface area contributed by atoms with Crippen molar-refractivity contribution in [1.82, 2.24) is 15.0 Å². The second-order valence-electron chi connectivity index (χ2n) is 4.44. The molecule has 0 aliphatic heterocycles. The molecule has 0 aliphatic rings. The normalized spacial score (nSPS) is 10.9. The lowest BCUT2D eigenvalue weighted by molar-refractivity contribution is 0.0915. The summed E-state index contributed by atoms with van der Waals surface area (Å²) in [5.41, 5.74) is 1.64. The molecule has 3 aromatic heterocycles. The first kappa shape index (κ1) is 12.8. The van der Waals surface area contributed by atoms with Crippen molar-refractivity contribution in [2.24, 2.45) is 0 Å². The molecule has 6 heteroatoms. The first-order chi connectivity index (χ1) is 9.66. The number of ketones is 1. The molecule has 0 atom stereocenters.